The van der Waals surface area contributed by atoms with Gasteiger partial charge in [0.1, 0.15) is 17.5 Å². The Morgan fingerprint density at radius 3 is 2.27 bits per heavy atom. The fourth-order valence-electron chi connectivity index (χ4n) is 3.56. The number of hydrogen-bond acceptors (Lipinski definition) is 4. The van der Waals surface area contributed by atoms with Crippen molar-refractivity contribution in [2.45, 2.75) is 72.0 Å². The van der Waals surface area contributed by atoms with Crippen LogP contribution in [0, 0.1) is 6.92 Å². The Bertz CT molecular complexity index is 882. The van der Waals surface area contributed by atoms with Gasteiger partial charge in [-0.15, -0.1) is 0 Å². The number of benzene rings is 2. The molecule has 0 aliphatic heterocycles. The summed E-state index contributed by atoms with van der Waals surface area (Å²) in [6.07, 6.45) is 2.28. The topological polar surface area (TPSA) is 67.9 Å². The Morgan fingerprint density at radius 2 is 1.67 bits per heavy atom. The third-order valence-electron chi connectivity index (χ3n) is 5.85. The number of aryl methyl sites for hydroxylation is 1. The van der Waals surface area contributed by atoms with Gasteiger partial charge in [-0.2, -0.15) is 0 Å². The van der Waals surface area contributed by atoms with Gasteiger partial charge < -0.3 is 19.7 Å². The lowest BCUT2D eigenvalue weighted by Gasteiger charge is -2.32. The van der Waals surface area contributed by atoms with Gasteiger partial charge in [0.15, 0.2) is 0 Å². The first-order valence-corrected chi connectivity index (χ1v) is 11.8. The van der Waals surface area contributed by atoms with E-state index in [4.69, 9.17) is 9.47 Å². The van der Waals surface area contributed by atoms with Crippen LogP contribution >= 0.6 is 0 Å². The maximum Gasteiger partial charge on any atom is 0.243 e. The Labute approximate surface area is 198 Å². The van der Waals surface area contributed by atoms with Crippen LogP contribution < -0.4 is 14.8 Å². The Kier molecular flexibility index (Phi) is 10.7. The summed E-state index contributed by atoms with van der Waals surface area (Å²) in [4.78, 5) is 28.0. The maximum atomic E-state index is 13.3. The summed E-state index contributed by atoms with van der Waals surface area (Å²) in [5.74, 6) is 1.37. The molecular formula is C27H38N2O4. The molecule has 0 fully saturated rings. The van der Waals surface area contributed by atoms with Gasteiger partial charge in [-0.1, -0.05) is 38.1 Å². The molecule has 2 aromatic carbocycles. The van der Waals surface area contributed by atoms with Crippen molar-refractivity contribution in [2.24, 2.45) is 0 Å². The van der Waals surface area contributed by atoms with E-state index in [1.165, 1.54) is 0 Å². The van der Waals surface area contributed by atoms with E-state index in [0.717, 1.165) is 29.0 Å². The molecule has 0 saturated heterocycles. The lowest BCUT2D eigenvalue weighted by atomic mass is 10.0. The van der Waals surface area contributed by atoms with Gasteiger partial charge in [-0.3, -0.25) is 9.59 Å². The third kappa shape index (κ3) is 8.12. The lowest BCUT2D eigenvalue weighted by molar-refractivity contribution is -0.141. The standard InChI is InChI=1S/C27H38N2O4/c1-6-21(4)28-27(31)25(7-2)29(19-22-12-9-8-11-20(22)3)26(30)13-10-18-33-24-16-14-23(32-5)15-17-24/h8-9,11-12,14-17,21,25H,6-7,10,13,18-19H2,1-5H3,(H,28,31)/t21-,25+/m1/s1. The molecule has 0 saturated carbocycles. The van der Waals surface area contributed by atoms with Crippen LogP contribution in [0.25, 0.3) is 0 Å². The first-order chi connectivity index (χ1) is 15.9. The first kappa shape index (κ1) is 26.2. The number of rotatable bonds is 13. The largest absolute Gasteiger partial charge is 0.497 e. The molecule has 2 aromatic rings. The number of nitrogens with zero attached hydrogens (tertiary/aromatic N) is 1. The number of ether oxygens (including phenoxy) is 2. The number of hydrogen-bond donors (Lipinski definition) is 1. The summed E-state index contributed by atoms with van der Waals surface area (Å²) in [6.45, 7) is 8.83. The zero-order valence-electron chi connectivity index (χ0n) is 20.6. The van der Waals surface area contributed by atoms with Gasteiger partial charge in [-0.25, -0.2) is 0 Å². The molecule has 6 nitrogen and oxygen atoms in total. The molecule has 0 unspecified atom stereocenters. The number of amides is 2. The van der Waals surface area contributed by atoms with E-state index in [9.17, 15) is 9.59 Å². The Morgan fingerprint density at radius 1 is 1.00 bits per heavy atom. The van der Waals surface area contributed by atoms with E-state index in [1.807, 2.05) is 76.2 Å². The van der Waals surface area contributed by atoms with Crippen molar-refractivity contribution in [3.05, 3.63) is 59.7 Å². The normalized spacial score (nSPS) is 12.5. The second-order valence-corrected chi connectivity index (χ2v) is 8.32. The zero-order valence-corrected chi connectivity index (χ0v) is 20.6. The van der Waals surface area contributed by atoms with Crippen molar-refractivity contribution in [2.75, 3.05) is 13.7 Å². The minimum Gasteiger partial charge on any atom is -0.497 e. The SMILES string of the molecule is CC[C@@H](C)NC(=O)[C@H](CC)N(Cc1ccccc1C)C(=O)CCCOc1ccc(OC)cc1. The fourth-order valence-corrected chi connectivity index (χ4v) is 3.56. The highest BCUT2D eigenvalue weighted by atomic mass is 16.5. The quantitative estimate of drug-likeness (QED) is 0.438. The van der Waals surface area contributed by atoms with Crippen molar-refractivity contribution in [3.8, 4) is 11.5 Å². The van der Waals surface area contributed by atoms with Crippen molar-refractivity contribution in [1.82, 2.24) is 10.2 Å². The van der Waals surface area contributed by atoms with Gasteiger partial charge in [0.05, 0.1) is 13.7 Å². The average molecular weight is 455 g/mol. The summed E-state index contributed by atoms with van der Waals surface area (Å²) >= 11 is 0. The van der Waals surface area contributed by atoms with Crippen molar-refractivity contribution >= 4 is 11.8 Å². The van der Waals surface area contributed by atoms with E-state index < -0.39 is 6.04 Å². The molecule has 0 radical (unpaired) electrons. The molecule has 1 N–H and O–H groups in total. The summed E-state index contributed by atoms with van der Waals surface area (Å²) in [6, 6.07) is 14.9. The second kappa shape index (κ2) is 13.5. The van der Waals surface area contributed by atoms with E-state index in [2.05, 4.69) is 5.32 Å². The minimum absolute atomic E-state index is 0.0391. The summed E-state index contributed by atoms with van der Waals surface area (Å²) in [5, 5.41) is 3.05. The van der Waals surface area contributed by atoms with E-state index in [0.29, 0.717) is 32.4 Å². The highest BCUT2D eigenvalue weighted by Crippen LogP contribution is 2.19. The summed E-state index contributed by atoms with van der Waals surface area (Å²) in [5.41, 5.74) is 2.16. The van der Waals surface area contributed by atoms with Crippen LogP contribution in [-0.2, 0) is 16.1 Å². The number of carbonyl (C=O) groups is 2. The van der Waals surface area contributed by atoms with Crippen molar-refractivity contribution in [1.29, 1.82) is 0 Å². The van der Waals surface area contributed by atoms with Crippen LogP contribution in [-0.4, -0.2) is 42.5 Å². The molecule has 33 heavy (non-hydrogen) atoms. The van der Waals surface area contributed by atoms with Crippen molar-refractivity contribution in [3.63, 3.8) is 0 Å². The number of methoxy groups -OCH3 is 1. The average Bonchev–Trinajstić information content (AvgIpc) is 2.83. The summed E-state index contributed by atoms with van der Waals surface area (Å²) < 4.78 is 10.9. The van der Waals surface area contributed by atoms with E-state index >= 15 is 0 Å². The molecular weight excluding hydrogens is 416 g/mol. The van der Waals surface area contributed by atoms with Gasteiger partial charge in [0.2, 0.25) is 11.8 Å². The van der Waals surface area contributed by atoms with Crippen LogP contribution in [0.1, 0.15) is 57.6 Å². The van der Waals surface area contributed by atoms with Crippen LogP contribution in [0.15, 0.2) is 48.5 Å². The molecule has 180 valence electrons. The number of carbonyl (C=O) groups excluding carboxylic acids is 2. The molecule has 2 rings (SSSR count). The van der Waals surface area contributed by atoms with E-state index in [1.54, 1.807) is 12.0 Å². The Balaban J connectivity index is 2.06. The molecule has 0 aromatic heterocycles. The van der Waals surface area contributed by atoms with Crippen LogP contribution in [0.5, 0.6) is 11.5 Å². The highest BCUT2D eigenvalue weighted by Gasteiger charge is 2.29. The van der Waals surface area contributed by atoms with Crippen LogP contribution in [0.4, 0.5) is 0 Å². The zero-order chi connectivity index (χ0) is 24.2. The Hall–Kier alpha value is -3.02. The van der Waals surface area contributed by atoms with Gasteiger partial charge >= 0.3 is 0 Å². The molecule has 0 bridgehead atoms. The lowest BCUT2D eigenvalue weighted by Crippen LogP contribution is -2.50. The predicted molar refractivity (Wildman–Crippen MR) is 131 cm³/mol. The minimum atomic E-state index is -0.506. The third-order valence-corrected chi connectivity index (χ3v) is 5.85. The molecule has 2 amide bonds. The molecule has 2 atom stereocenters. The van der Waals surface area contributed by atoms with Crippen LogP contribution in [0.3, 0.4) is 0 Å². The molecule has 0 spiro atoms. The molecule has 0 aliphatic carbocycles. The number of nitrogens with one attached hydrogen (secondary N) is 1. The second-order valence-electron chi connectivity index (χ2n) is 8.32. The van der Waals surface area contributed by atoms with E-state index in [-0.39, 0.29) is 17.9 Å². The van der Waals surface area contributed by atoms with Gasteiger partial charge in [0, 0.05) is 19.0 Å². The smallest absolute Gasteiger partial charge is 0.243 e. The monoisotopic (exact) mass is 454 g/mol. The fraction of sp³-hybridized carbons (Fsp3) is 0.481. The highest BCUT2D eigenvalue weighted by molar-refractivity contribution is 5.87. The molecule has 0 aliphatic rings. The summed E-state index contributed by atoms with van der Waals surface area (Å²) in [7, 11) is 1.62. The maximum absolute atomic E-state index is 13.3. The predicted octanol–water partition coefficient (Wildman–Crippen LogP) is 4.88. The van der Waals surface area contributed by atoms with Crippen molar-refractivity contribution < 1.29 is 19.1 Å². The van der Waals surface area contributed by atoms with Gasteiger partial charge in [-0.05, 0) is 68.5 Å². The molecule has 6 heteroatoms. The van der Waals surface area contributed by atoms with Gasteiger partial charge in [0.25, 0.3) is 0 Å². The van der Waals surface area contributed by atoms with Crippen LogP contribution in [0.2, 0.25) is 0 Å². The first-order valence-electron chi connectivity index (χ1n) is 11.8. The molecule has 0 heterocycles.